The van der Waals surface area contributed by atoms with Crippen LogP contribution in [0.1, 0.15) is 38.3 Å². The van der Waals surface area contributed by atoms with E-state index < -0.39 is 11.7 Å². The first kappa shape index (κ1) is 17.2. The highest BCUT2D eigenvalue weighted by Crippen LogP contribution is 2.25. The van der Waals surface area contributed by atoms with E-state index in [4.69, 9.17) is 4.74 Å². The summed E-state index contributed by atoms with van der Waals surface area (Å²) in [6.45, 7) is 8.46. The number of hydrogen-bond donors (Lipinski definition) is 1. The van der Waals surface area contributed by atoms with Crippen molar-refractivity contribution in [3.63, 3.8) is 0 Å². The molecule has 132 valence electrons. The van der Waals surface area contributed by atoms with E-state index >= 15 is 0 Å². The fourth-order valence-corrected chi connectivity index (χ4v) is 3.57. The van der Waals surface area contributed by atoms with E-state index in [1.807, 2.05) is 20.8 Å². The third-order valence-corrected chi connectivity index (χ3v) is 4.83. The maximum atomic E-state index is 12.4. The van der Waals surface area contributed by atoms with Crippen LogP contribution in [0.4, 0.5) is 4.79 Å². The average Bonchev–Trinajstić information content (AvgIpc) is 2.53. The van der Waals surface area contributed by atoms with Gasteiger partial charge in [-0.1, -0.05) is 24.3 Å². The molecule has 0 aromatic heterocycles. The van der Waals surface area contributed by atoms with Crippen molar-refractivity contribution in [2.45, 2.75) is 57.9 Å². The van der Waals surface area contributed by atoms with Gasteiger partial charge in [-0.05, 0) is 44.7 Å². The van der Waals surface area contributed by atoms with Crippen LogP contribution in [0.2, 0.25) is 0 Å². The van der Waals surface area contributed by atoms with E-state index in [1.54, 1.807) is 4.90 Å². The summed E-state index contributed by atoms with van der Waals surface area (Å²) in [6.07, 6.45) is 0.916. The highest BCUT2D eigenvalue weighted by molar-refractivity contribution is 5.68. The molecule has 1 amide bonds. The normalized spacial score (nSPS) is 25.2. The van der Waals surface area contributed by atoms with Crippen LogP contribution < -0.4 is 0 Å². The van der Waals surface area contributed by atoms with Crippen LogP contribution >= 0.6 is 0 Å². The zero-order valence-corrected chi connectivity index (χ0v) is 14.9. The predicted molar refractivity (Wildman–Crippen MR) is 92.8 cm³/mol. The maximum Gasteiger partial charge on any atom is 0.410 e. The zero-order chi connectivity index (χ0) is 17.3. The summed E-state index contributed by atoms with van der Waals surface area (Å²) in [5, 5.41) is 10.5. The van der Waals surface area contributed by atoms with E-state index in [-0.39, 0.29) is 12.1 Å². The molecule has 5 nitrogen and oxygen atoms in total. The highest BCUT2D eigenvalue weighted by atomic mass is 16.6. The third kappa shape index (κ3) is 3.90. The number of benzene rings is 1. The van der Waals surface area contributed by atoms with E-state index in [9.17, 15) is 9.90 Å². The molecule has 2 unspecified atom stereocenters. The first-order valence-electron chi connectivity index (χ1n) is 8.80. The Balaban J connectivity index is 1.68. The average molecular weight is 332 g/mol. The Hall–Kier alpha value is -1.59. The standard InChI is InChI=1S/C19H28N2O3/c1-19(2,3)24-18(23)21-11-9-17(22)16(13-21)20-10-8-14-6-4-5-7-15(14)12-20/h4-7,16-17,22H,8-13H2,1-3H3. The number of ether oxygens (including phenoxy) is 1. The number of aliphatic hydroxyl groups is 1. The van der Waals surface area contributed by atoms with E-state index in [1.165, 1.54) is 11.1 Å². The summed E-state index contributed by atoms with van der Waals surface area (Å²) < 4.78 is 5.49. The molecule has 1 saturated heterocycles. The summed E-state index contributed by atoms with van der Waals surface area (Å²) in [4.78, 5) is 16.4. The van der Waals surface area contributed by atoms with Crippen LogP contribution in [0.25, 0.3) is 0 Å². The Bertz CT molecular complexity index is 597. The van der Waals surface area contributed by atoms with Crippen molar-refractivity contribution in [2.24, 2.45) is 0 Å². The van der Waals surface area contributed by atoms with Crippen molar-refractivity contribution in [2.75, 3.05) is 19.6 Å². The van der Waals surface area contributed by atoms with Crippen LogP contribution in [0.3, 0.4) is 0 Å². The van der Waals surface area contributed by atoms with Crippen LogP contribution in [-0.4, -0.2) is 58.4 Å². The van der Waals surface area contributed by atoms with Gasteiger partial charge in [0.2, 0.25) is 0 Å². The number of aliphatic hydroxyl groups excluding tert-OH is 1. The monoisotopic (exact) mass is 332 g/mol. The molecule has 0 saturated carbocycles. The SMILES string of the molecule is CC(C)(C)OC(=O)N1CCC(O)C(N2CCc3ccccc3C2)C1. The van der Waals surface area contributed by atoms with Gasteiger partial charge in [0.05, 0.1) is 12.1 Å². The van der Waals surface area contributed by atoms with Crippen molar-refractivity contribution < 1.29 is 14.6 Å². The van der Waals surface area contributed by atoms with Gasteiger partial charge in [0.15, 0.2) is 0 Å². The summed E-state index contributed by atoms with van der Waals surface area (Å²) in [6, 6.07) is 8.44. The van der Waals surface area contributed by atoms with Crippen LogP contribution in [0.15, 0.2) is 24.3 Å². The van der Waals surface area contributed by atoms with Crippen molar-refractivity contribution >= 4 is 6.09 Å². The molecule has 0 radical (unpaired) electrons. The number of nitrogens with zero attached hydrogens (tertiary/aromatic N) is 2. The number of likely N-dealkylation sites (tertiary alicyclic amines) is 1. The van der Waals surface area contributed by atoms with Gasteiger partial charge in [-0.2, -0.15) is 0 Å². The van der Waals surface area contributed by atoms with Crippen molar-refractivity contribution in [1.82, 2.24) is 9.80 Å². The van der Waals surface area contributed by atoms with E-state index in [0.717, 1.165) is 19.5 Å². The number of piperidine rings is 1. The molecule has 0 aliphatic carbocycles. The maximum absolute atomic E-state index is 12.4. The number of carbonyl (C=O) groups excluding carboxylic acids is 1. The first-order valence-corrected chi connectivity index (χ1v) is 8.80. The quantitative estimate of drug-likeness (QED) is 0.858. The molecule has 2 aliphatic rings. The minimum Gasteiger partial charge on any atom is -0.444 e. The number of rotatable bonds is 1. The van der Waals surface area contributed by atoms with Crippen LogP contribution in [0, 0.1) is 0 Å². The van der Waals surface area contributed by atoms with Crippen molar-refractivity contribution in [1.29, 1.82) is 0 Å². The molecule has 5 heteroatoms. The number of fused-ring (bicyclic) bond motifs is 1. The molecule has 24 heavy (non-hydrogen) atoms. The molecular formula is C19H28N2O3. The Morgan fingerprint density at radius 3 is 2.62 bits per heavy atom. The van der Waals surface area contributed by atoms with Gasteiger partial charge in [0.1, 0.15) is 5.60 Å². The van der Waals surface area contributed by atoms with Crippen LogP contribution in [-0.2, 0) is 17.7 Å². The molecule has 2 heterocycles. The lowest BCUT2D eigenvalue weighted by Gasteiger charge is -2.43. The van der Waals surface area contributed by atoms with Gasteiger partial charge >= 0.3 is 6.09 Å². The molecular weight excluding hydrogens is 304 g/mol. The first-order chi connectivity index (χ1) is 11.3. The van der Waals surface area contributed by atoms with Gasteiger partial charge < -0.3 is 14.7 Å². The molecule has 1 N–H and O–H groups in total. The second kappa shape index (κ2) is 6.73. The Morgan fingerprint density at radius 2 is 1.92 bits per heavy atom. The smallest absolute Gasteiger partial charge is 0.410 e. The van der Waals surface area contributed by atoms with Gasteiger partial charge in [0.25, 0.3) is 0 Å². The largest absolute Gasteiger partial charge is 0.444 e. The summed E-state index contributed by atoms with van der Waals surface area (Å²) in [5.41, 5.74) is 2.22. The lowest BCUT2D eigenvalue weighted by Crippen LogP contribution is -2.57. The second-order valence-electron chi connectivity index (χ2n) is 7.84. The number of hydrogen-bond acceptors (Lipinski definition) is 4. The molecule has 0 spiro atoms. The molecule has 1 aromatic carbocycles. The Kier molecular flexibility index (Phi) is 4.83. The minimum atomic E-state index is -0.493. The Labute approximate surface area is 144 Å². The lowest BCUT2D eigenvalue weighted by atomic mass is 9.94. The minimum absolute atomic E-state index is 0.0281. The number of amides is 1. The fraction of sp³-hybridized carbons (Fsp3) is 0.632. The highest BCUT2D eigenvalue weighted by Gasteiger charge is 2.36. The topological polar surface area (TPSA) is 53.0 Å². The Morgan fingerprint density at radius 1 is 1.21 bits per heavy atom. The van der Waals surface area contributed by atoms with Gasteiger partial charge in [-0.3, -0.25) is 4.90 Å². The van der Waals surface area contributed by atoms with Crippen molar-refractivity contribution in [3.8, 4) is 0 Å². The molecule has 0 bridgehead atoms. The molecule has 1 fully saturated rings. The van der Waals surface area contributed by atoms with E-state index in [2.05, 4.69) is 29.2 Å². The van der Waals surface area contributed by atoms with E-state index in [0.29, 0.717) is 19.5 Å². The summed E-state index contributed by atoms with van der Waals surface area (Å²) in [5.74, 6) is 0. The second-order valence-corrected chi connectivity index (χ2v) is 7.84. The molecule has 3 rings (SSSR count). The third-order valence-electron chi connectivity index (χ3n) is 4.83. The van der Waals surface area contributed by atoms with Gasteiger partial charge in [-0.25, -0.2) is 4.79 Å². The van der Waals surface area contributed by atoms with Gasteiger partial charge in [-0.15, -0.1) is 0 Å². The lowest BCUT2D eigenvalue weighted by molar-refractivity contribution is -0.0307. The fourth-order valence-electron chi connectivity index (χ4n) is 3.57. The predicted octanol–water partition coefficient (Wildman–Crippen LogP) is 2.42. The van der Waals surface area contributed by atoms with Gasteiger partial charge in [0, 0.05) is 26.2 Å². The van der Waals surface area contributed by atoms with Crippen LogP contribution in [0.5, 0.6) is 0 Å². The summed E-state index contributed by atoms with van der Waals surface area (Å²) >= 11 is 0. The van der Waals surface area contributed by atoms with Crippen molar-refractivity contribution in [3.05, 3.63) is 35.4 Å². The molecule has 2 atom stereocenters. The number of carbonyl (C=O) groups is 1. The molecule has 2 aliphatic heterocycles. The zero-order valence-electron chi connectivity index (χ0n) is 14.9. The molecule has 1 aromatic rings. The summed E-state index contributed by atoms with van der Waals surface area (Å²) in [7, 11) is 0.